The molecule has 0 atom stereocenters. The lowest BCUT2D eigenvalue weighted by atomic mass is 9.71. The normalized spacial score (nSPS) is 23.1. The second kappa shape index (κ2) is 8.48. The highest BCUT2D eigenvalue weighted by atomic mass is 16.6. The van der Waals surface area contributed by atoms with Crippen molar-refractivity contribution in [2.75, 3.05) is 26.3 Å². The van der Waals surface area contributed by atoms with Crippen LogP contribution < -0.4 is 5.32 Å². The quantitative estimate of drug-likeness (QED) is 0.788. The van der Waals surface area contributed by atoms with Crippen LogP contribution in [0.3, 0.4) is 0 Å². The summed E-state index contributed by atoms with van der Waals surface area (Å²) in [5.74, 6) is 0.122. The van der Waals surface area contributed by atoms with E-state index in [1.165, 1.54) is 0 Å². The first-order valence-electron chi connectivity index (χ1n) is 10.3. The van der Waals surface area contributed by atoms with E-state index >= 15 is 0 Å². The molecule has 2 aliphatic heterocycles. The zero-order valence-electron chi connectivity index (χ0n) is 18.0. The lowest BCUT2D eigenvalue weighted by Crippen LogP contribution is -2.59. The number of piperidine rings is 1. The number of rotatable bonds is 5. The van der Waals surface area contributed by atoms with Gasteiger partial charge in [-0.3, -0.25) is 4.79 Å². The van der Waals surface area contributed by atoms with Crippen molar-refractivity contribution in [3.05, 3.63) is 0 Å². The zero-order valence-corrected chi connectivity index (χ0v) is 18.0. The maximum absolute atomic E-state index is 13.4. The standard InChI is InChI=1S/C21H38N2O4/c1-16(2)23-11-7-20(6,8-12-23)15-17(24)21(9-13-26-14-10-21)22-18(25)27-19(3,4)5/h16H,7-15H2,1-6H3,(H,22,25). The number of ketones is 1. The summed E-state index contributed by atoms with van der Waals surface area (Å²) in [6.45, 7) is 15.2. The van der Waals surface area contributed by atoms with E-state index in [1.54, 1.807) is 0 Å². The second-order valence-electron chi connectivity index (χ2n) is 9.86. The first-order valence-corrected chi connectivity index (χ1v) is 10.3. The molecular formula is C21H38N2O4. The lowest BCUT2D eigenvalue weighted by Gasteiger charge is -2.43. The number of ether oxygens (including phenoxy) is 2. The molecule has 1 amide bonds. The van der Waals surface area contributed by atoms with Crippen LogP contribution in [0.4, 0.5) is 4.79 Å². The van der Waals surface area contributed by atoms with Crippen molar-refractivity contribution in [2.45, 2.75) is 90.8 Å². The molecule has 0 bridgehead atoms. The Labute approximate surface area is 164 Å². The third-order valence-electron chi connectivity index (χ3n) is 5.94. The van der Waals surface area contributed by atoms with Crippen molar-refractivity contribution in [3.63, 3.8) is 0 Å². The van der Waals surface area contributed by atoms with Gasteiger partial charge in [-0.2, -0.15) is 0 Å². The third kappa shape index (κ3) is 6.18. The smallest absolute Gasteiger partial charge is 0.408 e. The van der Waals surface area contributed by atoms with Gasteiger partial charge in [0.2, 0.25) is 0 Å². The van der Waals surface area contributed by atoms with Crippen LogP contribution in [-0.2, 0) is 14.3 Å². The summed E-state index contributed by atoms with van der Waals surface area (Å²) in [4.78, 5) is 28.2. The Hall–Kier alpha value is -1.14. The van der Waals surface area contributed by atoms with Crippen LogP contribution in [0.5, 0.6) is 0 Å². The topological polar surface area (TPSA) is 67.9 Å². The Balaban J connectivity index is 2.05. The van der Waals surface area contributed by atoms with Gasteiger partial charge in [0.15, 0.2) is 5.78 Å². The molecule has 2 fully saturated rings. The summed E-state index contributed by atoms with van der Waals surface area (Å²) >= 11 is 0. The van der Waals surface area contributed by atoms with E-state index in [2.05, 4.69) is 31.0 Å². The van der Waals surface area contributed by atoms with Crippen molar-refractivity contribution >= 4 is 11.9 Å². The van der Waals surface area contributed by atoms with Crippen LogP contribution in [0.2, 0.25) is 0 Å². The van der Waals surface area contributed by atoms with Gasteiger partial charge < -0.3 is 19.7 Å². The Morgan fingerprint density at radius 2 is 1.67 bits per heavy atom. The average Bonchev–Trinajstić information content (AvgIpc) is 2.53. The molecule has 2 rings (SSSR count). The van der Waals surface area contributed by atoms with E-state index in [9.17, 15) is 9.59 Å². The van der Waals surface area contributed by atoms with E-state index in [4.69, 9.17) is 9.47 Å². The number of hydrogen-bond acceptors (Lipinski definition) is 5. The average molecular weight is 383 g/mol. The van der Waals surface area contributed by atoms with Gasteiger partial charge in [-0.15, -0.1) is 0 Å². The number of alkyl carbamates (subject to hydrolysis) is 1. The molecule has 156 valence electrons. The molecule has 0 saturated carbocycles. The van der Waals surface area contributed by atoms with Crippen molar-refractivity contribution < 1.29 is 19.1 Å². The number of carbonyl (C=O) groups excluding carboxylic acids is 2. The van der Waals surface area contributed by atoms with E-state index in [0.29, 0.717) is 38.5 Å². The number of nitrogens with zero attached hydrogens (tertiary/aromatic N) is 1. The van der Waals surface area contributed by atoms with Crippen molar-refractivity contribution in [1.82, 2.24) is 10.2 Å². The number of hydrogen-bond donors (Lipinski definition) is 1. The lowest BCUT2D eigenvalue weighted by molar-refractivity contribution is -0.132. The number of nitrogens with one attached hydrogen (secondary N) is 1. The van der Waals surface area contributed by atoms with Gasteiger partial charge in [0.05, 0.1) is 0 Å². The second-order valence-corrected chi connectivity index (χ2v) is 9.86. The molecule has 0 aliphatic carbocycles. The first kappa shape index (κ1) is 22.2. The Morgan fingerprint density at radius 1 is 1.11 bits per heavy atom. The molecule has 6 heteroatoms. The highest BCUT2D eigenvalue weighted by molar-refractivity contribution is 5.92. The Morgan fingerprint density at radius 3 is 2.15 bits per heavy atom. The Bertz CT molecular complexity index is 525. The summed E-state index contributed by atoms with van der Waals surface area (Å²) in [5.41, 5.74) is -1.46. The molecule has 2 heterocycles. The molecule has 1 N–H and O–H groups in total. The zero-order chi connectivity index (χ0) is 20.3. The van der Waals surface area contributed by atoms with Crippen molar-refractivity contribution in [3.8, 4) is 0 Å². The van der Waals surface area contributed by atoms with Gasteiger partial charge in [0.25, 0.3) is 0 Å². The summed E-state index contributed by atoms with van der Waals surface area (Å²) in [7, 11) is 0. The van der Waals surface area contributed by atoms with Crippen LogP contribution in [-0.4, -0.2) is 60.3 Å². The van der Waals surface area contributed by atoms with E-state index in [0.717, 1.165) is 25.9 Å². The predicted octanol–water partition coefficient (Wildman–Crippen LogP) is 3.53. The molecular weight excluding hydrogens is 344 g/mol. The number of Topliss-reactive ketones (excluding diaryl/α,β-unsaturated/α-hetero) is 1. The summed E-state index contributed by atoms with van der Waals surface area (Å²) in [6, 6.07) is 0.543. The Kier molecular flexibility index (Phi) is 6.96. The molecule has 0 aromatic carbocycles. The molecule has 0 spiro atoms. The van der Waals surface area contributed by atoms with Crippen LogP contribution in [0.25, 0.3) is 0 Å². The van der Waals surface area contributed by atoms with E-state index in [1.807, 2.05) is 20.8 Å². The van der Waals surface area contributed by atoms with Crippen molar-refractivity contribution in [2.24, 2.45) is 5.41 Å². The maximum atomic E-state index is 13.4. The molecule has 0 aromatic heterocycles. The minimum atomic E-state index is -0.862. The summed E-state index contributed by atoms with van der Waals surface area (Å²) in [6.07, 6.45) is 3.02. The largest absolute Gasteiger partial charge is 0.444 e. The number of amides is 1. The van der Waals surface area contributed by atoms with Gasteiger partial charge in [-0.1, -0.05) is 6.92 Å². The summed E-state index contributed by atoms with van der Waals surface area (Å²) < 4.78 is 10.9. The van der Waals surface area contributed by atoms with Crippen molar-refractivity contribution in [1.29, 1.82) is 0 Å². The number of carbonyl (C=O) groups is 2. The minimum Gasteiger partial charge on any atom is -0.444 e. The highest BCUT2D eigenvalue weighted by Crippen LogP contribution is 2.38. The molecule has 0 radical (unpaired) electrons. The van der Waals surface area contributed by atoms with Gasteiger partial charge in [-0.05, 0) is 66.0 Å². The fourth-order valence-corrected chi connectivity index (χ4v) is 4.01. The molecule has 27 heavy (non-hydrogen) atoms. The van der Waals surface area contributed by atoms with E-state index < -0.39 is 17.2 Å². The number of likely N-dealkylation sites (tertiary alicyclic amines) is 1. The SMILES string of the molecule is CC(C)N1CCC(C)(CC(=O)C2(NC(=O)OC(C)(C)C)CCOCC2)CC1. The molecule has 2 saturated heterocycles. The highest BCUT2D eigenvalue weighted by Gasteiger charge is 2.45. The third-order valence-corrected chi connectivity index (χ3v) is 5.94. The van der Waals surface area contributed by atoms with Gasteiger partial charge >= 0.3 is 6.09 Å². The minimum absolute atomic E-state index is 0.0105. The van der Waals surface area contributed by atoms with Crippen LogP contribution >= 0.6 is 0 Å². The van der Waals surface area contributed by atoms with Gasteiger partial charge in [-0.25, -0.2) is 4.79 Å². The molecule has 0 aromatic rings. The van der Waals surface area contributed by atoms with Gasteiger partial charge in [0.1, 0.15) is 11.1 Å². The fourth-order valence-electron chi connectivity index (χ4n) is 4.01. The van der Waals surface area contributed by atoms with Crippen LogP contribution in [0.15, 0.2) is 0 Å². The molecule has 2 aliphatic rings. The first-order chi connectivity index (χ1) is 12.4. The predicted molar refractivity (Wildman–Crippen MR) is 106 cm³/mol. The van der Waals surface area contributed by atoms with Crippen LogP contribution in [0, 0.1) is 5.41 Å². The summed E-state index contributed by atoms with van der Waals surface area (Å²) in [5, 5.41) is 2.92. The monoisotopic (exact) mass is 382 g/mol. The van der Waals surface area contributed by atoms with Crippen LogP contribution in [0.1, 0.15) is 73.6 Å². The molecule has 6 nitrogen and oxygen atoms in total. The van der Waals surface area contributed by atoms with E-state index in [-0.39, 0.29) is 11.2 Å². The maximum Gasteiger partial charge on any atom is 0.408 e. The fraction of sp³-hybridized carbons (Fsp3) is 0.905. The molecule has 0 unspecified atom stereocenters. The van der Waals surface area contributed by atoms with Gasteiger partial charge in [0, 0.05) is 38.5 Å².